The third kappa shape index (κ3) is 4.56. The molecule has 8 nitrogen and oxygen atoms in total. The van der Waals surface area contributed by atoms with Crippen molar-refractivity contribution in [2.75, 3.05) is 14.2 Å². The van der Waals surface area contributed by atoms with Gasteiger partial charge in [0.2, 0.25) is 10.0 Å². The van der Waals surface area contributed by atoms with E-state index < -0.39 is 22.0 Å². The predicted molar refractivity (Wildman–Crippen MR) is 89.7 cm³/mol. The molecule has 25 heavy (non-hydrogen) atoms. The highest BCUT2D eigenvalue weighted by Crippen LogP contribution is 2.23. The minimum absolute atomic E-state index is 0.0289. The Hall–Kier alpha value is -1.97. The van der Waals surface area contributed by atoms with E-state index >= 15 is 0 Å². The normalized spacial score (nSPS) is 20.8. The topological polar surface area (TPSA) is 125 Å². The van der Waals surface area contributed by atoms with Gasteiger partial charge in [-0.2, -0.15) is 0 Å². The Balaban J connectivity index is 2.38. The van der Waals surface area contributed by atoms with E-state index in [4.69, 9.17) is 5.73 Å². The minimum Gasteiger partial charge on any atom is -0.465 e. The summed E-state index contributed by atoms with van der Waals surface area (Å²) in [6.07, 6.45) is 2.67. The molecule has 1 aromatic rings. The largest absolute Gasteiger partial charge is 0.465 e. The van der Waals surface area contributed by atoms with E-state index in [-0.39, 0.29) is 28.1 Å². The zero-order valence-corrected chi connectivity index (χ0v) is 15.0. The smallest absolute Gasteiger partial charge is 0.339 e. The molecule has 0 bridgehead atoms. The van der Waals surface area contributed by atoms with Gasteiger partial charge in [-0.05, 0) is 43.9 Å². The summed E-state index contributed by atoms with van der Waals surface area (Å²) in [5, 5.41) is 0. The van der Waals surface area contributed by atoms with Crippen LogP contribution in [0, 0.1) is 0 Å². The first kappa shape index (κ1) is 19.4. The van der Waals surface area contributed by atoms with E-state index in [0.29, 0.717) is 12.8 Å². The SMILES string of the molecule is COC(=O)c1ccc(C(=O)OC)c(S(=O)(=O)NC2CCC(N)CC2)c1. The lowest BCUT2D eigenvalue weighted by Gasteiger charge is -2.26. The van der Waals surface area contributed by atoms with Crippen molar-refractivity contribution in [3.8, 4) is 0 Å². The molecule has 138 valence electrons. The van der Waals surface area contributed by atoms with E-state index in [1.165, 1.54) is 19.2 Å². The van der Waals surface area contributed by atoms with Crippen molar-refractivity contribution >= 4 is 22.0 Å². The maximum Gasteiger partial charge on any atom is 0.339 e. The first-order valence-electron chi connectivity index (χ1n) is 7.87. The van der Waals surface area contributed by atoms with Crippen LogP contribution >= 0.6 is 0 Å². The molecule has 3 N–H and O–H groups in total. The third-order valence-corrected chi connectivity index (χ3v) is 5.75. The van der Waals surface area contributed by atoms with Crippen LogP contribution in [0.25, 0.3) is 0 Å². The molecule has 1 fully saturated rings. The highest BCUT2D eigenvalue weighted by atomic mass is 32.2. The first-order chi connectivity index (χ1) is 11.8. The van der Waals surface area contributed by atoms with Gasteiger partial charge in [0, 0.05) is 12.1 Å². The van der Waals surface area contributed by atoms with E-state index in [2.05, 4.69) is 14.2 Å². The number of nitrogens with two attached hydrogens (primary N) is 1. The highest BCUT2D eigenvalue weighted by molar-refractivity contribution is 7.89. The molecule has 0 heterocycles. The second-order valence-electron chi connectivity index (χ2n) is 5.93. The minimum atomic E-state index is -4.03. The Morgan fingerprint density at radius 2 is 1.68 bits per heavy atom. The van der Waals surface area contributed by atoms with Crippen molar-refractivity contribution in [3.63, 3.8) is 0 Å². The molecular weight excluding hydrogens is 348 g/mol. The number of rotatable bonds is 5. The van der Waals surface area contributed by atoms with Crippen LogP contribution < -0.4 is 10.5 Å². The molecule has 0 amide bonds. The zero-order chi connectivity index (χ0) is 18.6. The maximum atomic E-state index is 12.8. The summed E-state index contributed by atoms with van der Waals surface area (Å²) in [6.45, 7) is 0. The van der Waals surface area contributed by atoms with Crippen molar-refractivity contribution < 1.29 is 27.5 Å². The summed E-state index contributed by atoms with van der Waals surface area (Å²) < 4.78 is 37.4. The van der Waals surface area contributed by atoms with Crippen LogP contribution in [0.3, 0.4) is 0 Å². The summed E-state index contributed by atoms with van der Waals surface area (Å²) in [5.74, 6) is -1.50. The van der Waals surface area contributed by atoms with Gasteiger partial charge in [0.25, 0.3) is 0 Å². The Kier molecular flexibility index (Phi) is 6.15. The molecule has 0 saturated heterocycles. The fraction of sp³-hybridized carbons (Fsp3) is 0.500. The number of esters is 2. The van der Waals surface area contributed by atoms with Gasteiger partial charge in [0.1, 0.15) is 0 Å². The van der Waals surface area contributed by atoms with Crippen LogP contribution in [-0.2, 0) is 19.5 Å². The van der Waals surface area contributed by atoms with Gasteiger partial charge in [0.15, 0.2) is 0 Å². The second-order valence-corrected chi connectivity index (χ2v) is 7.61. The van der Waals surface area contributed by atoms with Gasteiger partial charge < -0.3 is 15.2 Å². The molecule has 0 aromatic heterocycles. The summed E-state index contributed by atoms with van der Waals surface area (Å²) in [7, 11) is -1.68. The fourth-order valence-electron chi connectivity index (χ4n) is 2.79. The number of hydrogen-bond acceptors (Lipinski definition) is 7. The molecule has 9 heteroatoms. The lowest BCUT2D eigenvalue weighted by molar-refractivity contribution is 0.0583. The molecule has 1 aliphatic carbocycles. The number of hydrogen-bond donors (Lipinski definition) is 2. The molecule has 0 atom stereocenters. The van der Waals surface area contributed by atoms with Gasteiger partial charge in [-0.3, -0.25) is 0 Å². The lowest BCUT2D eigenvalue weighted by atomic mass is 9.93. The first-order valence-corrected chi connectivity index (χ1v) is 9.35. The van der Waals surface area contributed by atoms with Gasteiger partial charge in [-0.1, -0.05) is 0 Å². The number of carbonyl (C=O) groups is 2. The summed E-state index contributed by atoms with van der Waals surface area (Å²) in [6, 6.07) is 3.49. The van der Waals surface area contributed by atoms with Crippen LogP contribution in [0.4, 0.5) is 0 Å². The van der Waals surface area contributed by atoms with Crippen molar-refractivity contribution in [2.24, 2.45) is 5.73 Å². The monoisotopic (exact) mass is 370 g/mol. The molecule has 2 rings (SSSR count). The van der Waals surface area contributed by atoms with Crippen LogP contribution in [0.15, 0.2) is 23.1 Å². The number of nitrogens with one attached hydrogen (secondary N) is 1. The maximum absolute atomic E-state index is 12.8. The second kappa shape index (κ2) is 7.94. The van der Waals surface area contributed by atoms with Crippen molar-refractivity contribution in [1.29, 1.82) is 0 Å². The standard InChI is InChI=1S/C16H22N2O6S/c1-23-15(19)10-3-8-13(16(20)24-2)14(9-10)25(21,22)18-12-6-4-11(17)5-7-12/h3,8-9,11-12,18H,4-7,17H2,1-2H3. The average Bonchev–Trinajstić information content (AvgIpc) is 2.61. The van der Waals surface area contributed by atoms with Gasteiger partial charge in [-0.25, -0.2) is 22.7 Å². The summed E-state index contributed by atoms with van der Waals surface area (Å²) in [4.78, 5) is 23.3. The molecule has 1 aliphatic rings. The molecule has 0 spiro atoms. The molecule has 0 radical (unpaired) electrons. The number of benzene rings is 1. The quantitative estimate of drug-likeness (QED) is 0.735. The van der Waals surface area contributed by atoms with Crippen LogP contribution in [-0.4, -0.2) is 46.7 Å². The van der Waals surface area contributed by atoms with E-state index in [1.54, 1.807) is 0 Å². The summed E-state index contributed by atoms with van der Waals surface area (Å²) >= 11 is 0. The fourth-order valence-corrected chi connectivity index (χ4v) is 4.31. The van der Waals surface area contributed by atoms with Gasteiger partial charge in [-0.15, -0.1) is 0 Å². The zero-order valence-electron chi connectivity index (χ0n) is 14.2. The van der Waals surface area contributed by atoms with Crippen LogP contribution in [0.5, 0.6) is 0 Å². The third-order valence-electron chi connectivity index (χ3n) is 4.19. The Morgan fingerprint density at radius 3 is 2.24 bits per heavy atom. The summed E-state index contributed by atoms with van der Waals surface area (Å²) in [5.41, 5.74) is 5.72. The molecule has 1 saturated carbocycles. The molecule has 1 aromatic carbocycles. The lowest BCUT2D eigenvalue weighted by Crippen LogP contribution is -2.40. The van der Waals surface area contributed by atoms with E-state index in [1.807, 2.05) is 0 Å². The van der Waals surface area contributed by atoms with E-state index in [0.717, 1.165) is 26.0 Å². The molecular formula is C16H22N2O6S. The van der Waals surface area contributed by atoms with Crippen LogP contribution in [0.1, 0.15) is 46.4 Å². The number of carbonyl (C=O) groups excluding carboxylic acids is 2. The number of methoxy groups -OCH3 is 2. The predicted octanol–water partition coefficient (Wildman–Crippen LogP) is 0.808. The Bertz CT molecular complexity index is 754. The van der Waals surface area contributed by atoms with Crippen molar-refractivity contribution in [1.82, 2.24) is 4.72 Å². The number of ether oxygens (including phenoxy) is 2. The van der Waals surface area contributed by atoms with Gasteiger partial charge >= 0.3 is 11.9 Å². The van der Waals surface area contributed by atoms with E-state index in [9.17, 15) is 18.0 Å². The van der Waals surface area contributed by atoms with Crippen molar-refractivity contribution in [3.05, 3.63) is 29.3 Å². The Morgan fingerprint density at radius 1 is 1.08 bits per heavy atom. The molecule has 0 aliphatic heterocycles. The van der Waals surface area contributed by atoms with Crippen LogP contribution in [0.2, 0.25) is 0 Å². The Labute approximate surface area is 146 Å². The highest BCUT2D eigenvalue weighted by Gasteiger charge is 2.29. The van der Waals surface area contributed by atoms with Gasteiger partial charge in [0.05, 0.1) is 30.2 Å². The molecule has 0 unspecified atom stereocenters. The van der Waals surface area contributed by atoms with Crippen molar-refractivity contribution in [2.45, 2.75) is 42.7 Å². The average molecular weight is 370 g/mol. The number of sulfonamides is 1.